The van der Waals surface area contributed by atoms with Gasteiger partial charge in [-0.25, -0.2) is 15.0 Å². The predicted molar refractivity (Wildman–Crippen MR) is 107 cm³/mol. The summed E-state index contributed by atoms with van der Waals surface area (Å²) in [6.45, 7) is -1.46. The second-order valence-corrected chi connectivity index (χ2v) is 7.78. The number of benzene rings is 1. The van der Waals surface area contributed by atoms with Gasteiger partial charge < -0.3 is 9.64 Å². The van der Waals surface area contributed by atoms with Gasteiger partial charge in [-0.3, -0.25) is 4.79 Å². The first-order chi connectivity index (χ1) is 16.1. The van der Waals surface area contributed by atoms with Gasteiger partial charge in [-0.05, 0) is 49.9 Å². The van der Waals surface area contributed by atoms with Crippen LogP contribution in [0.4, 0.5) is 22.0 Å². The predicted octanol–water partition coefficient (Wildman–Crippen LogP) is 4.29. The van der Waals surface area contributed by atoms with Crippen molar-refractivity contribution in [2.75, 3.05) is 6.54 Å². The Morgan fingerprint density at radius 2 is 1.88 bits per heavy atom. The van der Waals surface area contributed by atoms with E-state index in [1.807, 2.05) is 0 Å². The van der Waals surface area contributed by atoms with Crippen LogP contribution < -0.4 is 4.74 Å². The Hall–Kier alpha value is -3.64. The normalized spacial score (nSPS) is 14.8. The molecule has 1 aliphatic rings. The largest absolute Gasteiger partial charge is 0.435 e. The third-order valence-electron chi connectivity index (χ3n) is 5.28. The van der Waals surface area contributed by atoms with Crippen LogP contribution in [0.5, 0.6) is 5.75 Å². The van der Waals surface area contributed by atoms with Crippen molar-refractivity contribution in [2.24, 2.45) is 5.92 Å². The smallest absolute Gasteiger partial charge is 0.416 e. The Morgan fingerprint density at radius 1 is 1.18 bits per heavy atom. The number of halogens is 5. The number of aromatic nitrogens is 5. The molecule has 1 atom stereocenters. The number of amides is 1. The van der Waals surface area contributed by atoms with Crippen LogP contribution in [0.3, 0.4) is 0 Å². The van der Waals surface area contributed by atoms with Gasteiger partial charge in [0.25, 0.3) is 11.9 Å². The zero-order valence-electron chi connectivity index (χ0n) is 17.8. The molecule has 0 N–H and O–H groups in total. The van der Waals surface area contributed by atoms with E-state index >= 15 is 0 Å². The van der Waals surface area contributed by atoms with Gasteiger partial charge in [0.15, 0.2) is 5.82 Å². The number of rotatable bonds is 8. The van der Waals surface area contributed by atoms with Gasteiger partial charge in [-0.2, -0.15) is 31.7 Å². The molecule has 13 heteroatoms. The second-order valence-electron chi connectivity index (χ2n) is 7.78. The molecule has 2 heterocycles. The minimum atomic E-state index is -4.87. The van der Waals surface area contributed by atoms with E-state index in [-0.39, 0.29) is 24.2 Å². The van der Waals surface area contributed by atoms with E-state index in [0.717, 1.165) is 18.9 Å². The van der Waals surface area contributed by atoms with Crippen molar-refractivity contribution >= 4 is 5.91 Å². The Labute approximate surface area is 190 Å². The maximum Gasteiger partial charge on any atom is 0.416 e. The third kappa shape index (κ3) is 5.29. The summed E-state index contributed by atoms with van der Waals surface area (Å²) < 4.78 is 71.1. The van der Waals surface area contributed by atoms with Crippen LogP contribution in [0.15, 0.2) is 43.0 Å². The Morgan fingerprint density at radius 3 is 2.50 bits per heavy atom. The summed E-state index contributed by atoms with van der Waals surface area (Å²) >= 11 is 0. The Balaban J connectivity index is 1.71. The topological polar surface area (TPSA) is 86.0 Å². The van der Waals surface area contributed by atoms with Crippen LogP contribution in [0.2, 0.25) is 0 Å². The number of alkyl halides is 5. The molecule has 1 aliphatic carbocycles. The summed E-state index contributed by atoms with van der Waals surface area (Å²) in [6, 6.07) is 2.80. The number of hydrogen-bond donors (Lipinski definition) is 0. The maximum absolute atomic E-state index is 13.4. The van der Waals surface area contributed by atoms with Crippen LogP contribution >= 0.6 is 0 Å². The van der Waals surface area contributed by atoms with Crippen LogP contribution in [-0.4, -0.2) is 48.7 Å². The van der Waals surface area contributed by atoms with E-state index in [4.69, 9.17) is 0 Å². The maximum atomic E-state index is 13.4. The molecule has 180 valence electrons. The molecule has 2 aromatic heterocycles. The summed E-state index contributed by atoms with van der Waals surface area (Å²) in [6.07, 6.45) is 1.09. The molecule has 0 bridgehead atoms. The molecule has 34 heavy (non-hydrogen) atoms. The average Bonchev–Trinajstić information content (AvgIpc) is 3.48. The molecule has 1 amide bonds. The van der Waals surface area contributed by atoms with E-state index < -0.39 is 41.6 Å². The molecule has 8 nitrogen and oxygen atoms in total. The first kappa shape index (κ1) is 23.5. The van der Waals surface area contributed by atoms with Gasteiger partial charge in [0, 0.05) is 24.5 Å². The van der Waals surface area contributed by atoms with E-state index in [0.29, 0.717) is 12.1 Å². The fourth-order valence-electron chi connectivity index (χ4n) is 3.45. The van der Waals surface area contributed by atoms with Crippen molar-refractivity contribution in [2.45, 2.75) is 38.6 Å². The monoisotopic (exact) mass is 482 g/mol. The molecule has 0 saturated heterocycles. The van der Waals surface area contributed by atoms with Crippen molar-refractivity contribution in [1.29, 1.82) is 0 Å². The quantitative estimate of drug-likeness (QED) is 0.446. The van der Waals surface area contributed by atoms with Crippen molar-refractivity contribution < 1.29 is 31.5 Å². The van der Waals surface area contributed by atoms with Crippen molar-refractivity contribution in [3.63, 3.8) is 0 Å². The molecule has 0 spiro atoms. The minimum Gasteiger partial charge on any atom is -0.435 e. The third-order valence-corrected chi connectivity index (χ3v) is 5.28. The number of ether oxygens (including phenoxy) is 1. The summed E-state index contributed by atoms with van der Waals surface area (Å²) in [7, 11) is 0. The molecule has 1 saturated carbocycles. The van der Waals surface area contributed by atoms with E-state index in [1.54, 1.807) is 13.0 Å². The summed E-state index contributed by atoms with van der Waals surface area (Å²) in [4.78, 5) is 27.2. The van der Waals surface area contributed by atoms with Crippen LogP contribution in [-0.2, 0) is 6.18 Å². The first-order valence-electron chi connectivity index (χ1n) is 10.3. The molecule has 1 aromatic carbocycles. The molecular weight excluding hydrogens is 463 g/mol. The van der Waals surface area contributed by atoms with Gasteiger partial charge in [0.05, 0.1) is 11.6 Å². The number of carbonyl (C=O) groups excluding carboxylic acids is 1. The Kier molecular flexibility index (Phi) is 6.44. The van der Waals surface area contributed by atoms with Gasteiger partial charge in [-0.1, -0.05) is 0 Å². The molecular formula is C21H19F5N6O2. The van der Waals surface area contributed by atoms with Gasteiger partial charge in [0.1, 0.15) is 12.1 Å². The average molecular weight is 482 g/mol. The lowest BCUT2D eigenvalue weighted by Gasteiger charge is -2.29. The fraction of sp³-hybridized carbons (Fsp3) is 0.381. The lowest BCUT2D eigenvalue weighted by atomic mass is 10.1. The highest BCUT2D eigenvalue weighted by molar-refractivity contribution is 5.95. The SMILES string of the molecule is CC(c1ncnn1-c1ncccn1)N(CC1CC1)C(=O)c1cc(OC(F)F)cc(C(F)(F)F)c1. The van der Waals surface area contributed by atoms with Crippen LogP contribution in [0.1, 0.15) is 47.6 Å². The zero-order valence-corrected chi connectivity index (χ0v) is 17.8. The lowest BCUT2D eigenvalue weighted by molar-refractivity contribution is -0.138. The van der Waals surface area contributed by atoms with E-state index in [1.165, 1.54) is 28.3 Å². The highest BCUT2D eigenvalue weighted by atomic mass is 19.4. The van der Waals surface area contributed by atoms with Crippen molar-refractivity contribution in [3.05, 3.63) is 59.9 Å². The van der Waals surface area contributed by atoms with Crippen molar-refractivity contribution in [1.82, 2.24) is 29.6 Å². The van der Waals surface area contributed by atoms with E-state index in [2.05, 4.69) is 24.8 Å². The minimum absolute atomic E-state index is 0.165. The number of carbonyl (C=O) groups is 1. The number of hydrogen-bond acceptors (Lipinski definition) is 6. The van der Waals surface area contributed by atoms with Crippen LogP contribution in [0.25, 0.3) is 5.95 Å². The zero-order chi connectivity index (χ0) is 24.5. The number of nitrogens with zero attached hydrogens (tertiary/aromatic N) is 6. The highest BCUT2D eigenvalue weighted by Crippen LogP contribution is 2.36. The summed E-state index contributed by atoms with van der Waals surface area (Å²) in [5.41, 5.74) is -1.70. The molecule has 1 unspecified atom stereocenters. The summed E-state index contributed by atoms with van der Waals surface area (Å²) in [5, 5.41) is 4.10. The molecule has 0 aliphatic heterocycles. The first-order valence-corrected chi connectivity index (χ1v) is 10.3. The highest BCUT2D eigenvalue weighted by Gasteiger charge is 2.36. The molecule has 0 radical (unpaired) electrons. The Bertz CT molecular complexity index is 1150. The van der Waals surface area contributed by atoms with Gasteiger partial charge in [-0.15, -0.1) is 0 Å². The molecule has 1 fully saturated rings. The molecule has 3 aromatic rings. The second kappa shape index (κ2) is 9.31. The van der Waals surface area contributed by atoms with Gasteiger partial charge >= 0.3 is 12.8 Å². The molecule has 4 rings (SSSR count). The van der Waals surface area contributed by atoms with Gasteiger partial charge in [0.2, 0.25) is 0 Å². The fourth-order valence-corrected chi connectivity index (χ4v) is 3.45. The standard InChI is InChI=1S/C21H19F5N6O2/c1-12(17-29-11-30-32(17)20-27-5-2-6-28-20)31(10-13-3-4-13)18(33)14-7-15(21(24,25)26)9-16(8-14)34-19(22)23/h2,5-9,11-13,19H,3-4,10H2,1H3. The lowest BCUT2D eigenvalue weighted by Crippen LogP contribution is -2.37. The van der Waals surface area contributed by atoms with E-state index in [9.17, 15) is 26.7 Å². The van der Waals surface area contributed by atoms with Crippen LogP contribution in [0, 0.1) is 5.92 Å². The summed E-state index contributed by atoms with van der Waals surface area (Å²) in [5.74, 6) is -0.886. The van der Waals surface area contributed by atoms with Crippen molar-refractivity contribution in [3.8, 4) is 11.7 Å².